The zero-order valence-corrected chi connectivity index (χ0v) is 11.2. The fourth-order valence-electron chi connectivity index (χ4n) is 2.22. The van der Waals surface area contributed by atoms with Crippen LogP contribution in [0.5, 0.6) is 0 Å². The Labute approximate surface area is 120 Å². The standard InChI is InChI=1S/C13H13FN4O3/c14-10-1-2-11(12(9-10)18(20)21)13(19)17-7-5-16(4-3-15)6-8-17/h1-2,9H,4-8H2. The smallest absolute Gasteiger partial charge is 0.285 e. The second-order valence-electron chi connectivity index (χ2n) is 4.65. The molecule has 0 unspecified atom stereocenters. The fourth-order valence-corrected chi connectivity index (χ4v) is 2.22. The number of nitriles is 1. The maximum absolute atomic E-state index is 13.1. The molecule has 0 bridgehead atoms. The van der Waals surface area contributed by atoms with Crippen LogP contribution in [0.15, 0.2) is 18.2 Å². The van der Waals surface area contributed by atoms with Gasteiger partial charge >= 0.3 is 0 Å². The van der Waals surface area contributed by atoms with Crippen molar-refractivity contribution in [3.05, 3.63) is 39.7 Å². The molecule has 1 aliphatic rings. The van der Waals surface area contributed by atoms with E-state index >= 15 is 0 Å². The first-order chi connectivity index (χ1) is 10.0. The SMILES string of the molecule is N#CCN1CCN(C(=O)c2ccc(F)cc2[N+](=O)[O-])CC1. The van der Waals surface area contributed by atoms with E-state index in [2.05, 4.69) is 0 Å². The van der Waals surface area contributed by atoms with Gasteiger partial charge in [0.2, 0.25) is 0 Å². The van der Waals surface area contributed by atoms with E-state index in [-0.39, 0.29) is 5.56 Å². The first-order valence-electron chi connectivity index (χ1n) is 6.35. The van der Waals surface area contributed by atoms with E-state index in [0.29, 0.717) is 32.7 Å². The number of benzene rings is 1. The summed E-state index contributed by atoms with van der Waals surface area (Å²) in [4.78, 5) is 25.8. The predicted molar refractivity (Wildman–Crippen MR) is 71.0 cm³/mol. The number of carbonyl (C=O) groups excluding carboxylic acids is 1. The molecule has 0 N–H and O–H groups in total. The Morgan fingerprint density at radius 3 is 2.62 bits per heavy atom. The second kappa shape index (κ2) is 6.28. The molecule has 110 valence electrons. The van der Waals surface area contributed by atoms with E-state index in [1.165, 1.54) is 4.90 Å². The topological polar surface area (TPSA) is 90.5 Å². The molecule has 8 heteroatoms. The summed E-state index contributed by atoms with van der Waals surface area (Å²) in [6.45, 7) is 2.13. The molecule has 0 aliphatic carbocycles. The van der Waals surface area contributed by atoms with Crippen LogP contribution >= 0.6 is 0 Å². The molecule has 1 amide bonds. The Morgan fingerprint density at radius 1 is 1.38 bits per heavy atom. The van der Waals surface area contributed by atoms with Gasteiger partial charge in [0.25, 0.3) is 11.6 Å². The van der Waals surface area contributed by atoms with Crippen molar-refractivity contribution < 1.29 is 14.1 Å². The lowest BCUT2D eigenvalue weighted by molar-refractivity contribution is -0.385. The summed E-state index contributed by atoms with van der Waals surface area (Å²) < 4.78 is 13.1. The van der Waals surface area contributed by atoms with Gasteiger partial charge in [0, 0.05) is 26.2 Å². The molecule has 2 rings (SSSR count). The van der Waals surface area contributed by atoms with Crippen LogP contribution < -0.4 is 0 Å². The quantitative estimate of drug-likeness (QED) is 0.471. The highest BCUT2D eigenvalue weighted by Crippen LogP contribution is 2.22. The minimum Gasteiger partial charge on any atom is -0.336 e. The summed E-state index contributed by atoms with van der Waals surface area (Å²) in [5.74, 6) is -1.24. The average Bonchev–Trinajstić information content (AvgIpc) is 2.47. The number of hydrogen-bond acceptors (Lipinski definition) is 5. The highest BCUT2D eigenvalue weighted by molar-refractivity contribution is 5.98. The van der Waals surface area contributed by atoms with Crippen molar-refractivity contribution in [2.75, 3.05) is 32.7 Å². The van der Waals surface area contributed by atoms with Gasteiger partial charge in [0.05, 0.1) is 23.6 Å². The lowest BCUT2D eigenvalue weighted by atomic mass is 10.1. The number of nitrogens with zero attached hydrogens (tertiary/aromatic N) is 4. The minimum absolute atomic E-state index is 0.116. The lowest BCUT2D eigenvalue weighted by Crippen LogP contribution is -2.48. The number of carbonyl (C=O) groups is 1. The van der Waals surface area contributed by atoms with Gasteiger partial charge in [-0.05, 0) is 12.1 Å². The van der Waals surface area contributed by atoms with Crippen molar-refractivity contribution in [2.24, 2.45) is 0 Å². The number of rotatable bonds is 3. The molecule has 0 spiro atoms. The van der Waals surface area contributed by atoms with E-state index in [1.54, 1.807) is 0 Å². The largest absolute Gasteiger partial charge is 0.336 e. The molecule has 0 radical (unpaired) electrons. The van der Waals surface area contributed by atoms with Gasteiger partial charge in [-0.3, -0.25) is 19.8 Å². The first kappa shape index (κ1) is 14.9. The van der Waals surface area contributed by atoms with E-state index in [9.17, 15) is 19.3 Å². The van der Waals surface area contributed by atoms with Gasteiger partial charge < -0.3 is 4.90 Å². The Morgan fingerprint density at radius 2 is 2.05 bits per heavy atom. The first-order valence-corrected chi connectivity index (χ1v) is 6.35. The van der Waals surface area contributed by atoms with Gasteiger partial charge in [0.15, 0.2) is 0 Å². The summed E-state index contributed by atoms with van der Waals surface area (Å²) in [6, 6.07) is 4.95. The number of nitro groups is 1. The maximum Gasteiger partial charge on any atom is 0.285 e. The third-order valence-corrected chi connectivity index (χ3v) is 3.34. The summed E-state index contributed by atoms with van der Waals surface area (Å²) in [7, 11) is 0. The number of halogens is 1. The number of amides is 1. The monoisotopic (exact) mass is 292 g/mol. The van der Waals surface area contributed by atoms with Crippen LogP contribution in [0.4, 0.5) is 10.1 Å². The lowest BCUT2D eigenvalue weighted by Gasteiger charge is -2.33. The van der Waals surface area contributed by atoms with Gasteiger partial charge in [-0.2, -0.15) is 5.26 Å². The molecule has 0 aromatic heterocycles. The van der Waals surface area contributed by atoms with Crippen LogP contribution in [0, 0.1) is 27.3 Å². The summed E-state index contributed by atoms with van der Waals surface area (Å²) in [6.07, 6.45) is 0. The molecule has 0 saturated carbocycles. The Balaban J connectivity index is 2.15. The van der Waals surface area contributed by atoms with Crippen LogP contribution in [-0.4, -0.2) is 53.4 Å². The highest BCUT2D eigenvalue weighted by Gasteiger charge is 2.27. The molecule has 1 saturated heterocycles. The maximum atomic E-state index is 13.1. The summed E-state index contributed by atoms with van der Waals surface area (Å²) in [5.41, 5.74) is -0.644. The number of nitro benzene ring substituents is 1. The van der Waals surface area contributed by atoms with Crippen LogP contribution in [0.1, 0.15) is 10.4 Å². The Bertz CT molecular complexity index is 606. The van der Waals surface area contributed by atoms with E-state index < -0.39 is 22.3 Å². The Hall–Kier alpha value is -2.53. The normalized spacial score (nSPS) is 15.5. The molecule has 1 fully saturated rings. The minimum atomic E-state index is -0.762. The zero-order valence-electron chi connectivity index (χ0n) is 11.2. The van der Waals surface area contributed by atoms with Gasteiger partial charge in [-0.1, -0.05) is 0 Å². The highest BCUT2D eigenvalue weighted by atomic mass is 19.1. The van der Waals surface area contributed by atoms with Crippen molar-refractivity contribution in [3.8, 4) is 6.07 Å². The third-order valence-electron chi connectivity index (χ3n) is 3.34. The second-order valence-corrected chi connectivity index (χ2v) is 4.65. The average molecular weight is 292 g/mol. The van der Waals surface area contributed by atoms with E-state index in [0.717, 1.165) is 18.2 Å². The molecule has 1 heterocycles. The Kier molecular flexibility index (Phi) is 4.45. The molecule has 21 heavy (non-hydrogen) atoms. The molecular weight excluding hydrogens is 279 g/mol. The molecule has 1 aromatic rings. The van der Waals surface area contributed by atoms with Gasteiger partial charge in [0.1, 0.15) is 11.4 Å². The fraction of sp³-hybridized carbons (Fsp3) is 0.385. The van der Waals surface area contributed by atoms with Gasteiger partial charge in [-0.15, -0.1) is 0 Å². The van der Waals surface area contributed by atoms with Crippen molar-refractivity contribution in [1.29, 1.82) is 5.26 Å². The molecular formula is C13H13FN4O3. The molecule has 1 aliphatic heterocycles. The van der Waals surface area contributed by atoms with Gasteiger partial charge in [-0.25, -0.2) is 4.39 Å². The van der Waals surface area contributed by atoms with Crippen LogP contribution in [0.3, 0.4) is 0 Å². The molecule has 1 aromatic carbocycles. The zero-order chi connectivity index (χ0) is 15.4. The van der Waals surface area contributed by atoms with Crippen LogP contribution in [0.2, 0.25) is 0 Å². The van der Waals surface area contributed by atoms with E-state index in [1.807, 2.05) is 11.0 Å². The predicted octanol–water partition coefficient (Wildman–Crippen LogP) is 1.02. The molecule has 7 nitrogen and oxygen atoms in total. The van der Waals surface area contributed by atoms with Crippen molar-refractivity contribution >= 4 is 11.6 Å². The van der Waals surface area contributed by atoms with Crippen molar-refractivity contribution in [1.82, 2.24) is 9.80 Å². The number of piperazine rings is 1. The van der Waals surface area contributed by atoms with E-state index in [4.69, 9.17) is 5.26 Å². The van der Waals surface area contributed by atoms with Crippen LogP contribution in [0.25, 0.3) is 0 Å². The van der Waals surface area contributed by atoms with Crippen molar-refractivity contribution in [3.63, 3.8) is 0 Å². The number of hydrogen-bond donors (Lipinski definition) is 0. The van der Waals surface area contributed by atoms with Crippen molar-refractivity contribution in [2.45, 2.75) is 0 Å². The third kappa shape index (κ3) is 3.32. The summed E-state index contributed by atoms with van der Waals surface area (Å²) in [5, 5.41) is 19.5. The molecule has 0 atom stereocenters. The van der Waals surface area contributed by atoms with Crippen LogP contribution in [-0.2, 0) is 0 Å². The summed E-state index contributed by atoms with van der Waals surface area (Å²) >= 11 is 0.